The zero-order valence-corrected chi connectivity index (χ0v) is 11.8. The Balaban J connectivity index is 2.47. The molecule has 0 N–H and O–H groups in total. The van der Waals surface area contributed by atoms with Crippen molar-refractivity contribution < 1.29 is 17.6 Å². The summed E-state index contributed by atoms with van der Waals surface area (Å²) in [7, 11) is -4.01. The SMILES string of the molecule is CC1CCCN(S(=O)(=O)c2ccccc2F)C1N=C=O. The number of rotatable bonds is 3. The highest BCUT2D eigenvalue weighted by Gasteiger charge is 2.38. The third kappa shape index (κ3) is 2.65. The first-order chi connectivity index (χ1) is 9.48. The molecule has 2 unspecified atom stereocenters. The van der Waals surface area contributed by atoms with E-state index in [9.17, 15) is 17.6 Å². The molecular weight excluding hydrogens is 283 g/mol. The smallest absolute Gasteiger partial charge is 0.211 e. The van der Waals surface area contributed by atoms with E-state index in [0.717, 1.165) is 16.8 Å². The van der Waals surface area contributed by atoms with Crippen molar-refractivity contribution in [2.45, 2.75) is 30.8 Å². The summed E-state index contributed by atoms with van der Waals surface area (Å²) in [5.74, 6) is -0.911. The highest BCUT2D eigenvalue weighted by molar-refractivity contribution is 7.89. The predicted molar refractivity (Wildman–Crippen MR) is 70.6 cm³/mol. The molecule has 0 bridgehead atoms. The van der Waals surface area contributed by atoms with Gasteiger partial charge < -0.3 is 0 Å². The number of halogens is 1. The molecular formula is C13H15FN2O3S. The van der Waals surface area contributed by atoms with E-state index in [4.69, 9.17) is 0 Å². The summed E-state index contributed by atoms with van der Waals surface area (Å²) in [4.78, 5) is 13.7. The lowest BCUT2D eigenvalue weighted by molar-refractivity contribution is 0.193. The van der Waals surface area contributed by atoms with Crippen LogP contribution in [0.2, 0.25) is 0 Å². The van der Waals surface area contributed by atoms with Gasteiger partial charge in [0.1, 0.15) is 16.9 Å². The Hall–Kier alpha value is -1.56. The second kappa shape index (κ2) is 5.83. The fraction of sp³-hybridized carbons (Fsp3) is 0.462. The van der Waals surface area contributed by atoms with Crippen LogP contribution in [0.25, 0.3) is 0 Å². The molecule has 1 heterocycles. The third-order valence-electron chi connectivity index (χ3n) is 3.45. The maximum atomic E-state index is 13.7. The minimum atomic E-state index is -4.01. The van der Waals surface area contributed by atoms with Crippen molar-refractivity contribution in [2.75, 3.05) is 6.54 Å². The molecule has 20 heavy (non-hydrogen) atoms. The molecule has 0 radical (unpaired) electrons. The summed E-state index contributed by atoms with van der Waals surface area (Å²) in [6.45, 7) is 2.03. The van der Waals surface area contributed by atoms with E-state index in [-0.39, 0.29) is 17.4 Å². The molecule has 0 amide bonds. The van der Waals surface area contributed by atoms with Crippen LogP contribution < -0.4 is 0 Å². The maximum absolute atomic E-state index is 13.7. The summed E-state index contributed by atoms with van der Waals surface area (Å²) >= 11 is 0. The van der Waals surface area contributed by atoms with Gasteiger partial charge in [0.25, 0.3) is 0 Å². The maximum Gasteiger partial charge on any atom is 0.247 e. The largest absolute Gasteiger partial charge is 0.247 e. The molecule has 2 atom stereocenters. The summed E-state index contributed by atoms with van der Waals surface area (Å²) in [6, 6.07) is 5.19. The number of hydrogen-bond acceptors (Lipinski definition) is 4. The van der Waals surface area contributed by atoms with Crippen molar-refractivity contribution in [1.29, 1.82) is 0 Å². The van der Waals surface area contributed by atoms with Gasteiger partial charge in [-0.15, -0.1) is 0 Å². The number of hydrogen-bond donors (Lipinski definition) is 0. The van der Waals surface area contributed by atoms with Gasteiger partial charge in [0, 0.05) is 6.54 Å². The van der Waals surface area contributed by atoms with Gasteiger partial charge in [-0.25, -0.2) is 17.6 Å². The quantitative estimate of drug-likeness (QED) is 0.632. The minimum absolute atomic E-state index is 0.105. The van der Waals surface area contributed by atoms with E-state index in [1.165, 1.54) is 24.3 Å². The van der Waals surface area contributed by atoms with Crippen molar-refractivity contribution in [3.8, 4) is 0 Å². The van der Waals surface area contributed by atoms with Crippen molar-refractivity contribution in [3.63, 3.8) is 0 Å². The van der Waals surface area contributed by atoms with Crippen LogP contribution in [0.1, 0.15) is 19.8 Å². The second-order valence-corrected chi connectivity index (χ2v) is 6.66. The molecule has 1 aromatic rings. The Labute approximate surface area is 117 Å². The van der Waals surface area contributed by atoms with Gasteiger partial charge in [-0.3, -0.25) is 0 Å². The summed E-state index contributed by atoms with van der Waals surface area (Å²) in [5.41, 5.74) is 0. The van der Waals surface area contributed by atoms with Crippen LogP contribution in [-0.4, -0.2) is 31.5 Å². The van der Waals surface area contributed by atoms with Crippen LogP contribution in [0.4, 0.5) is 4.39 Å². The highest BCUT2D eigenvalue weighted by Crippen LogP contribution is 2.30. The predicted octanol–water partition coefficient (Wildman–Crippen LogP) is 1.91. The summed E-state index contributed by atoms with van der Waals surface area (Å²) in [6.07, 6.45) is 2.01. The number of benzene rings is 1. The van der Waals surface area contributed by atoms with E-state index < -0.39 is 22.0 Å². The molecule has 0 aliphatic carbocycles. The fourth-order valence-corrected chi connectivity index (χ4v) is 4.15. The highest BCUT2D eigenvalue weighted by atomic mass is 32.2. The zero-order valence-electron chi connectivity index (χ0n) is 11.0. The standard InChI is InChI=1S/C13H15FN2O3S/c1-10-5-4-8-16(13(10)15-9-17)20(18,19)12-7-3-2-6-11(12)14/h2-3,6-7,10,13H,4-5,8H2,1H3. The number of nitrogens with zero attached hydrogens (tertiary/aromatic N) is 2. The number of sulfonamides is 1. The van der Waals surface area contributed by atoms with E-state index in [0.29, 0.717) is 6.42 Å². The molecule has 1 aromatic carbocycles. The van der Waals surface area contributed by atoms with Gasteiger partial charge in [0.15, 0.2) is 0 Å². The van der Waals surface area contributed by atoms with Gasteiger partial charge in [0.05, 0.1) is 0 Å². The van der Waals surface area contributed by atoms with Crippen molar-refractivity contribution in [1.82, 2.24) is 4.31 Å². The van der Waals surface area contributed by atoms with Crippen LogP contribution in [0.15, 0.2) is 34.2 Å². The second-order valence-electron chi connectivity index (χ2n) is 4.80. The molecule has 1 fully saturated rings. The summed E-state index contributed by atoms with van der Waals surface area (Å²) in [5, 5.41) is 0. The summed E-state index contributed by atoms with van der Waals surface area (Å²) < 4.78 is 39.9. The normalized spacial score (nSPS) is 24.1. The average molecular weight is 298 g/mol. The third-order valence-corrected chi connectivity index (χ3v) is 5.35. The Bertz CT molecular complexity index is 641. The van der Waals surface area contributed by atoms with Crippen LogP contribution >= 0.6 is 0 Å². The van der Waals surface area contributed by atoms with Gasteiger partial charge in [-0.05, 0) is 30.9 Å². The molecule has 0 aromatic heterocycles. The molecule has 1 aliphatic rings. The van der Waals surface area contributed by atoms with Crippen molar-refractivity contribution in [2.24, 2.45) is 10.9 Å². The number of isocyanates is 1. The Morgan fingerprint density at radius 3 is 2.75 bits per heavy atom. The average Bonchev–Trinajstić information content (AvgIpc) is 2.41. The van der Waals surface area contributed by atoms with Crippen LogP contribution in [0.3, 0.4) is 0 Å². The van der Waals surface area contributed by atoms with E-state index in [1.54, 1.807) is 0 Å². The van der Waals surface area contributed by atoms with Crippen LogP contribution in [-0.2, 0) is 14.8 Å². The zero-order chi connectivity index (χ0) is 14.8. The van der Waals surface area contributed by atoms with E-state index in [1.807, 2.05) is 6.92 Å². The first-order valence-corrected chi connectivity index (χ1v) is 7.76. The van der Waals surface area contributed by atoms with Crippen molar-refractivity contribution >= 4 is 16.1 Å². The monoisotopic (exact) mass is 298 g/mol. The topological polar surface area (TPSA) is 66.8 Å². The lowest BCUT2D eigenvalue weighted by Gasteiger charge is -2.35. The Morgan fingerprint density at radius 2 is 2.10 bits per heavy atom. The lowest BCUT2D eigenvalue weighted by atomic mass is 9.98. The molecule has 1 aliphatic heterocycles. The lowest BCUT2D eigenvalue weighted by Crippen LogP contribution is -2.46. The van der Waals surface area contributed by atoms with Gasteiger partial charge >= 0.3 is 0 Å². The first kappa shape index (κ1) is 14.8. The number of aliphatic imine (C=N–C) groups is 1. The molecule has 2 rings (SSSR count). The molecule has 0 saturated carbocycles. The van der Waals surface area contributed by atoms with E-state index >= 15 is 0 Å². The first-order valence-electron chi connectivity index (χ1n) is 6.32. The Morgan fingerprint density at radius 1 is 1.40 bits per heavy atom. The van der Waals surface area contributed by atoms with Crippen molar-refractivity contribution in [3.05, 3.63) is 30.1 Å². The van der Waals surface area contributed by atoms with Gasteiger partial charge in [-0.1, -0.05) is 19.1 Å². The van der Waals surface area contributed by atoms with Crippen LogP contribution in [0, 0.1) is 11.7 Å². The van der Waals surface area contributed by atoms with Gasteiger partial charge in [0.2, 0.25) is 16.1 Å². The fourth-order valence-electron chi connectivity index (χ4n) is 2.42. The number of piperidine rings is 1. The van der Waals surface area contributed by atoms with Gasteiger partial charge in [-0.2, -0.15) is 9.30 Å². The molecule has 5 nitrogen and oxygen atoms in total. The molecule has 0 spiro atoms. The number of carbonyl (C=O) groups excluding carboxylic acids is 1. The molecule has 7 heteroatoms. The Kier molecular flexibility index (Phi) is 4.32. The van der Waals surface area contributed by atoms with E-state index in [2.05, 4.69) is 4.99 Å². The molecule has 1 saturated heterocycles. The minimum Gasteiger partial charge on any atom is -0.211 e. The van der Waals surface area contributed by atoms with Crippen LogP contribution in [0.5, 0.6) is 0 Å². The molecule has 108 valence electrons.